The lowest BCUT2D eigenvalue weighted by molar-refractivity contribution is 0.626. The van der Waals surface area contributed by atoms with Crippen LogP contribution in [0.4, 0.5) is 22.0 Å². The van der Waals surface area contributed by atoms with Crippen LogP contribution in [0.15, 0.2) is 61.2 Å². The molecule has 140 valence electrons. The van der Waals surface area contributed by atoms with Gasteiger partial charge in [0.15, 0.2) is 0 Å². The number of anilines is 3. The van der Waals surface area contributed by atoms with E-state index in [4.69, 9.17) is 0 Å². The first-order chi connectivity index (χ1) is 13.7. The van der Waals surface area contributed by atoms with Crippen molar-refractivity contribution in [2.75, 3.05) is 10.6 Å². The fraction of sp³-hybridized carbons (Fsp3) is 0.105. The first-order valence-corrected chi connectivity index (χ1v) is 8.61. The number of hydrogen-bond donors (Lipinski definition) is 3. The number of nitrogens with zero attached hydrogens (tertiary/aromatic N) is 5. The van der Waals surface area contributed by atoms with E-state index in [1.54, 1.807) is 43.0 Å². The average Bonchev–Trinajstić information content (AvgIpc) is 3.24. The summed E-state index contributed by atoms with van der Waals surface area (Å²) < 4.78 is 13.2. The molecule has 0 fully saturated rings. The van der Waals surface area contributed by atoms with E-state index in [2.05, 4.69) is 40.8 Å². The molecular weight excluding hydrogens is 359 g/mol. The fourth-order valence-electron chi connectivity index (χ4n) is 2.64. The molecule has 0 aliphatic carbocycles. The molecule has 28 heavy (non-hydrogen) atoms. The second kappa shape index (κ2) is 7.78. The number of halogens is 1. The van der Waals surface area contributed by atoms with Crippen molar-refractivity contribution >= 4 is 17.6 Å². The first-order valence-electron chi connectivity index (χ1n) is 8.61. The molecule has 3 heterocycles. The molecular formula is C19H17FN8. The Kier molecular flexibility index (Phi) is 4.87. The molecule has 1 aromatic carbocycles. The van der Waals surface area contributed by atoms with E-state index in [9.17, 15) is 4.39 Å². The van der Waals surface area contributed by atoms with Crippen molar-refractivity contribution < 1.29 is 4.39 Å². The van der Waals surface area contributed by atoms with Crippen LogP contribution in [-0.4, -0.2) is 30.1 Å². The van der Waals surface area contributed by atoms with E-state index in [0.29, 0.717) is 23.3 Å². The van der Waals surface area contributed by atoms with Crippen LogP contribution in [0.25, 0.3) is 11.4 Å². The summed E-state index contributed by atoms with van der Waals surface area (Å²) in [4.78, 5) is 17.3. The second-order valence-corrected chi connectivity index (χ2v) is 6.07. The number of rotatable bonds is 6. The molecule has 0 aliphatic rings. The van der Waals surface area contributed by atoms with Crippen LogP contribution < -0.4 is 10.6 Å². The molecule has 0 saturated carbocycles. The number of nitrogens with one attached hydrogen (secondary N) is 3. The zero-order valence-electron chi connectivity index (χ0n) is 15.0. The van der Waals surface area contributed by atoms with Gasteiger partial charge in [-0.2, -0.15) is 10.1 Å². The van der Waals surface area contributed by atoms with E-state index in [1.165, 1.54) is 12.1 Å². The molecule has 0 bridgehead atoms. The number of aromatic amines is 1. The van der Waals surface area contributed by atoms with Crippen molar-refractivity contribution in [2.45, 2.75) is 13.0 Å². The standard InChI is InChI=1S/C19H17FN8/c1-12(13-2-4-14(20)5-3-13)24-19-25-16(15-6-7-23-28-15)10-17(27-19)26-18-11-21-8-9-22-18/h2-12H,1H3,(H,23,28)(H2,22,24,25,26,27)/t12-/m0/s1. The minimum Gasteiger partial charge on any atom is -0.348 e. The Morgan fingerprint density at radius 1 is 1.00 bits per heavy atom. The Balaban J connectivity index is 1.64. The molecule has 0 aliphatic heterocycles. The Bertz CT molecular complexity index is 1040. The molecule has 1 atom stereocenters. The van der Waals surface area contributed by atoms with Crippen LogP contribution >= 0.6 is 0 Å². The maximum Gasteiger partial charge on any atom is 0.225 e. The summed E-state index contributed by atoms with van der Waals surface area (Å²) in [7, 11) is 0. The molecule has 3 aromatic heterocycles. The van der Waals surface area contributed by atoms with Gasteiger partial charge in [0, 0.05) is 24.7 Å². The van der Waals surface area contributed by atoms with Crippen molar-refractivity contribution in [3.05, 3.63) is 72.6 Å². The number of benzene rings is 1. The number of aromatic nitrogens is 6. The summed E-state index contributed by atoms with van der Waals surface area (Å²) in [6, 6.07) is 9.79. The third-order valence-electron chi connectivity index (χ3n) is 4.04. The first kappa shape index (κ1) is 17.5. The van der Waals surface area contributed by atoms with Gasteiger partial charge in [-0.25, -0.2) is 14.4 Å². The van der Waals surface area contributed by atoms with Gasteiger partial charge < -0.3 is 10.6 Å². The Hall–Kier alpha value is -3.88. The maximum atomic E-state index is 13.2. The number of H-pyrrole nitrogens is 1. The highest BCUT2D eigenvalue weighted by molar-refractivity contribution is 5.63. The molecule has 0 saturated heterocycles. The lowest BCUT2D eigenvalue weighted by atomic mass is 10.1. The van der Waals surface area contributed by atoms with Gasteiger partial charge >= 0.3 is 0 Å². The van der Waals surface area contributed by atoms with Crippen LogP contribution in [0.1, 0.15) is 18.5 Å². The number of hydrogen-bond acceptors (Lipinski definition) is 7. The van der Waals surface area contributed by atoms with Crippen LogP contribution in [0.2, 0.25) is 0 Å². The third kappa shape index (κ3) is 4.09. The van der Waals surface area contributed by atoms with E-state index in [1.807, 2.05) is 13.0 Å². The fourth-order valence-corrected chi connectivity index (χ4v) is 2.64. The van der Waals surface area contributed by atoms with Gasteiger partial charge in [-0.1, -0.05) is 12.1 Å². The molecule has 0 amide bonds. The minimum atomic E-state index is -0.274. The summed E-state index contributed by atoms with van der Waals surface area (Å²) >= 11 is 0. The third-order valence-corrected chi connectivity index (χ3v) is 4.04. The zero-order valence-corrected chi connectivity index (χ0v) is 15.0. The molecule has 3 N–H and O–H groups in total. The lowest BCUT2D eigenvalue weighted by Crippen LogP contribution is -2.11. The van der Waals surface area contributed by atoms with Crippen LogP contribution in [0, 0.1) is 5.82 Å². The Morgan fingerprint density at radius 2 is 1.86 bits per heavy atom. The van der Waals surface area contributed by atoms with Gasteiger partial charge in [-0.05, 0) is 30.7 Å². The summed E-state index contributed by atoms with van der Waals surface area (Å²) in [5, 5.41) is 13.2. The van der Waals surface area contributed by atoms with Gasteiger partial charge in [-0.3, -0.25) is 10.1 Å². The molecule has 4 aromatic rings. The van der Waals surface area contributed by atoms with E-state index >= 15 is 0 Å². The predicted molar refractivity (Wildman–Crippen MR) is 103 cm³/mol. The van der Waals surface area contributed by atoms with E-state index < -0.39 is 0 Å². The van der Waals surface area contributed by atoms with Crippen molar-refractivity contribution in [1.82, 2.24) is 30.1 Å². The van der Waals surface area contributed by atoms with Crippen LogP contribution in [0.3, 0.4) is 0 Å². The minimum absolute atomic E-state index is 0.123. The van der Waals surface area contributed by atoms with Gasteiger partial charge in [0.05, 0.1) is 23.6 Å². The molecule has 9 heteroatoms. The normalized spacial score (nSPS) is 11.8. The second-order valence-electron chi connectivity index (χ2n) is 6.07. The SMILES string of the molecule is C[C@H](Nc1nc(Nc2cnccn2)cc(-c2ccn[nH]2)n1)c1ccc(F)cc1. The quantitative estimate of drug-likeness (QED) is 0.471. The molecule has 0 unspecified atom stereocenters. The smallest absolute Gasteiger partial charge is 0.225 e. The maximum absolute atomic E-state index is 13.2. The van der Waals surface area contributed by atoms with Crippen molar-refractivity contribution in [3.63, 3.8) is 0 Å². The lowest BCUT2D eigenvalue weighted by Gasteiger charge is -2.16. The summed E-state index contributed by atoms with van der Waals surface area (Å²) in [6.07, 6.45) is 6.45. The molecule has 0 radical (unpaired) electrons. The summed E-state index contributed by atoms with van der Waals surface area (Å²) in [5.41, 5.74) is 2.33. The summed E-state index contributed by atoms with van der Waals surface area (Å²) in [6.45, 7) is 1.95. The van der Waals surface area contributed by atoms with E-state index in [0.717, 1.165) is 11.3 Å². The summed E-state index contributed by atoms with van der Waals surface area (Å²) in [5.74, 6) is 1.25. The molecule has 8 nitrogen and oxygen atoms in total. The highest BCUT2D eigenvalue weighted by Crippen LogP contribution is 2.24. The van der Waals surface area contributed by atoms with Gasteiger partial charge in [0.25, 0.3) is 0 Å². The zero-order chi connectivity index (χ0) is 19.3. The Labute approximate surface area is 160 Å². The van der Waals surface area contributed by atoms with Crippen molar-refractivity contribution in [3.8, 4) is 11.4 Å². The monoisotopic (exact) mass is 376 g/mol. The average molecular weight is 376 g/mol. The highest BCUT2D eigenvalue weighted by Gasteiger charge is 2.12. The van der Waals surface area contributed by atoms with Crippen molar-refractivity contribution in [1.29, 1.82) is 0 Å². The van der Waals surface area contributed by atoms with E-state index in [-0.39, 0.29) is 11.9 Å². The van der Waals surface area contributed by atoms with Gasteiger partial charge in [0.2, 0.25) is 5.95 Å². The predicted octanol–water partition coefficient (Wildman–Crippen LogP) is 3.71. The van der Waals surface area contributed by atoms with Gasteiger partial charge in [0.1, 0.15) is 17.5 Å². The topological polar surface area (TPSA) is 104 Å². The molecule has 0 spiro atoms. The Morgan fingerprint density at radius 3 is 2.57 bits per heavy atom. The van der Waals surface area contributed by atoms with Gasteiger partial charge in [-0.15, -0.1) is 0 Å². The largest absolute Gasteiger partial charge is 0.348 e. The van der Waals surface area contributed by atoms with Crippen molar-refractivity contribution in [2.24, 2.45) is 0 Å². The van der Waals surface area contributed by atoms with Crippen LogP contribution in [0.5, 0.6) is 0 Å². The highest BCUT2D eigenvalue weighted by atomic mass is 19.1. The molecule has 4 rings (SSSR count). The van der Waals surface area contributed by atoms with Crippen LogP contribution in [-0.2, 0) is 0 Å².